The fourth-order valence-corrected chi connectivity index (χ4v) is 1.27. The highest BCUT2D eigenvalue weighted by molar-refractivity contribution is 6.28. The Balaban J connectivity index is 2.67. The van der Waals surface area contributed by atoms with Gasteiger partial charge in [0.1, 0.15) is 11.5 Å². The second-order valence-corrected chi connectivity index (χ2v) is 3.31. The Morgan fingerprint density at radius 2 is 2.13 bits per heavy atom. The van der Waals surface area contributed by atoms with Gasteiger partial charge in [-0.25, -0.2) is 0 Å². The number of ketones is 1. The van der Waals surface area contributed by atoms with E-state index in [0.29, 0.717) is 11.5 Å². The van der Waals surface area contributed by atoms with Crippen molar-refractivity contribution in [3.05, 3.63) is 24.3 Å². The molecule has 0 aliphatic rings. The van der Waals surface area contributed by atoms with Crippen LogP contribution in [-0.2, 0) is 4.79 Å². The van der Waals surface area contributed by atoms with Gasteiger partial charge in [0.15, 0.2) is 11.9 Å². The number of hydrogen-bond acceptors (Lipinski definition) is 3. The van der Waals surface area contributed by atoms with E-state index in [0.717, 1.165) is 0 Å². The van der Waals surface area contributed by atoms with E-state index in [-0.39, 0.29) is 11.7 Å². The summed E-state index contributed by atoms with van der Waals surface area (Å²) in [6, 6.07) is 7.09. The zero-order valence-electron chi connectivity index (χ0n) is 8.70. The van der Waals surface area contributed by atoms with Crippen molar-refractivity contribution < 1.29 is 14.3 Å². The van der Waals surface area contributed by atoms with E-state index in [1.165, 1.54) is 0 Å². The Morgan fingerprint density at radius 3 is 2.73 bits per heavy atom. The predicted octanol–water partition coefficient (Wildman–Crippen LogP) is 2.27. The zero-order chi connectivity index (χ0) is 11.3. The Hall–Kier alpha value is -1.22. The van der Waals surface area contributed by atoms with Gasteiger partial charge in [0.2, 0.25) is 0 Å². The van der Waals surface area contributed by atoms with E-state index in [9.17, 15) is 4.79 Å². The molecular formula is C11H13ClO3. The lowest BCUT2D eigenvalue weighted by Crippen LogP contribution is -2.24. The molecule has 4 heteroatoms. The number of carbonyl (C=O) groups is 1. The van der Waals surface area contributed by atoms with Crippen LogP contribution in [0.3, 0.4) is 0 Å². The fraction of sp³-hybridized carbons (Fsp3) is 0.364. The molecule has 3 nitrogen and oxygen atoms in total. The third-order valence-electron chi connectivity index (χ3n) is 1.94. The molecule has 1 atom stereocenters. The number of halogens is 1. The molecule has 82 valence electrons. The molecule has 0 amide bonds. The molecular weight excluding hydrogens is 216 g/mol. The van der Waals surface area contributed by atoms with E-state index in [1.807, 2.05) is 0 Å². The highest BCUT2D eigenvalue weighted by Crippen LogP contribution is 2.20. The summed E-state index contributed by atoms with van der Waals surface area (Å²) < 4.78 is 10.4. The van der Waals surface area contributed by atoms with E-state index in [1.54, 1.807) is 38.3 Å². The van der Waals surface area contributed by atoms with Gasteiger partial charge in [-0.1, -0.05) is 6.07 Å². The minimum atomic E-state index is -0.533. The van der Waals surface area contributed by atoms with Crippen molar-refractivity contribution in [2.75, 3.05) is 13.0 Å². The van der Waals surface area contributed by atoms with E-state index in [4.69, 9.17) is 21.1 Å². The first-order chi connectivity index (χ1) is 7.17. The van der Waals surface area contributed by atoms with Crippen molar-refractivity contribution in [3.63, 3.8) is 0 Å². The van der Waals surface area contributed by atoms with Crippen LogP contribution in [0, 0.1) is 0 Å². The topological polar surface area (TPSA) is 35.5 Å². The van der Waals surface area contributed by atoms with Gasteiger partial charge >= 0.3 is 0 Å². The number of ether oxygens (including phenoxy) is 2. The molecule has 0 N–H and O–H groups in total. The summed E-state index contributed by atoms with van der Waals surface area (Å²) in [5.74, 6) is 1.11. The summed E-state index contributed by atoms with van der Waals surface area (Å²) in [7, 11) is 1.58. The van der Waals surface area contributed by atoms with Gasteiger partial charge in [0.05, 0.1) is 13.0 Å². The van der Waals surface area contributed by atoms with Crippen LogP contribution in [0.1, 0.15) is 6.92 Å². The van der Waals surface area contributed by atoms with Crippen LogP contribution in [-0.4, -0.2) is 24.9 Å². The third-order valence-corrected chi connectivity index (χ3v) is 2.20. The molecule has 0 aliphatic carbocycles. The number of Topliss-reactive ketones (excluding diaryl/α,β-unsaturated/α-hetero) is 1. The summed E-state index contributed by atoms with van der Waals surface area (Å²) in [6.07, 6.45) is -0.533. The zero-order valence-corrected chi connectivity index (χ0v) is 9.45. The lowest BCUT2D eigenvalue weighted by Gasteiger charge is -2.12. The number of benzene rings is 1. The van der Waals surface area contributed by atoms with Gasteiger partial charge in [0.25, 0.3) is 0 Å². The lowest BCUT2D eigenvalue weighted by molar-refractivity contribution is -0.122. The lowest BCUT2D eigenvalue weighted by atomic mass is 10.3. The smallest absolute Gasteiger partial charge is 0.187 e. The normalized spacial score (nSPS) is 11.9. The molecule has 0 bridgehead atoms. The molecule has 0 saturated carbocycles. The van der Waals surface area contributed by atoms with Crippen LogP contribution in [0.5, 0.6) is 11.5 Å². The van der Waals surface area contributed by atoms with Crippen molar-refractivity contribution in [2.45, 2.75) is 13.0 Å². The Bertz CT molecular complexity index is 338. The Labute approximate surface area is 93.9 Å². The van der Waals surface area contributed by atoms with Crippen molar-refractivity contribution >= 4 is 17.4 Å². The fourth-order valence-electron chi connectivity index (χ4n) is 1.05. The summed E-state index contributed by atoms with van der Waals surface area (Å²) in [4.78, 5) is 11.2. The first-order valence-electron chi connectivity index (χ1n) is 4.56. The Morgan fingerprint density at radius 1 is 1.47 bits per heavy atom. The quantitative estimate of drug-likeness (QED) is 0.726. The minimum Gasteiger partial charge on any atom is -0.497 e. The summed E-state index contributed by atoms with van der Waals surface area (Å²) in [6.45, 7) is 1.67. The van der Waals surface area contributed by atoms with Gasteiger partial charge in [-0.15, -0.1) is 11.6 Å². The van der Waals surface area contributed by atoms with E-state index < -0.39 is 6.10 Å². The minimum absolute atomic E-state index is 0.0366. The van der Waals surface area contributed by atoms with Crippen molar-refractivity contribution in [1.29, 1.82) is 0 Å². The molecule has 1 unspecified atom stereocenters. The van der Waals surface area contributed by atoms with Gasteiger partial charge in [0, 0.05) is 6.07 Å². The van der Waals surface area contributed by atoms with Crippen LogP contribution in [0.2, 0.25) is 0 Å². The SMILES string of the molecule is COc1cccc(OC(C)C(=O)CCl)c1. The first kappa shape index (κ1) is 11.9. The van der Waals surface area contributed by atoms with Crippen molar-refractivity contribution in [2.24, 2.45) is 0 Å². The van der Waals surface area contributed by atoms with Gasteiger partial charge in [-0.3, -0.25) is 4.79 Å². The maximum atomic E-state index is 11.2. The molecule has 15 heavy (non-hydrogen) atoms. The van der Waals surface area contributed by atoms with Crippen LogP contribution >= 0.6 is 11.6 Å². The number of rotatable bonds is 5. The average Bonchev–Trinajstić information content (AvgIpc) is 2.28. The summed E-state index contributed by atoms with van der Waals surface area (Å²) in [5.41, 5.74) is 0. The molecule has 1 aromatic carbocycles. The van der Waals surface area contributed by atoms with Crippen molar-refractivity contribution in [1.82, 2.24) is 0 Å². The van der Waals surface area contributed by atoms with Crippen LogP contribution in [0.4, 0.5) is 0 Å². The largest absolute Gasteiger partial charge is 0.497 e. The average molecular weight is 229 g/mol. The molecule has 0 fully saturated rings. The number of hydrogen-bond donors (Lipinski definition) is 0. The molecule has 0 saturated heterocycles. The maximum absolute atomic E-state index is 11.2. The second-order valence-electron chi connectivity index (χ2n) is 3.04. The second kappa shape index (κ2) is 5.61. The third kappa shape index (κ3) is 3.44. The standard InChI is InChI=1S/C11H13ClO3/c1-8(11(13)7-12)15-10-5-3-4-9(6-10)14-2/h3-6,8H,7H2,1-2H3. The maximum Gasteiger partial charge on any atom is 0.187 e. The van der Waals surface area contributed by atoms with E-state index >= 15 is 0 Å². The summed E-state index contributed by atoms with van der Waals surface area (Å²) in [5, 5.41) is 0. The van der Waals surface area contributed by atoms with Gasteiger partial charge < -0.3 is 9.47 Å². The number of methoxy groups -OCH3 is 1. The van der Waals surface area contributed by atoms with E-state index in [2.05, 4.69) is 0 Å². The molecule has 0 spiro atoms. The van der Waals surface area contributed by atoms with Crippen LogP contribution in [0.25, 0.3) is 0 Å². The molecule has 1 rings (SSSR count). The number of alkyl halides is 1. The van der Waals surface area contributed by atoms with Gasteiger partial charge in [-0.2, -0.15) is 0 Å². The molecule has 0 aromatic heterocycles. The number of carbonyl (C=O) groups excluding carboxylic acids is 1. The highest BCUT2D eigenvalue weighted by Gasteiger charge is 2.13. The molecule has 0 radical (unpaired) electrons. The monoisotopic (exact) mass is 228 g/mol. The Kier molecular flexibility index (Phi) is 4.43. The predicted molar refractivity (Wildman–Crippen MR) is 58.8 cm³/mol. The molecule has 1 aromatic rings. The highest BCUT2D eigenvalue weighted by atomic mass is 35.5. The van der Waals surface area contributed by atoms with Gasteiger partial charge in [-0.05, 0) is 19.1 Å². The molecule has 0 heterocycles. The molecule has 0 aliphatic heterocycles. The van der Waals surface area contributed by atoms with Crippen molar-refractivity contribution in [3.8, 4) is 11.5 Å². The summed E-state index contributed by atoms with van der Waals surface area (Å²) >= 11 is 5.42. The van der Waals surface area contributed by atoms with Crippen LogP contribution in [0.15, 0.2) is 24.3 Å². The van der Waals surface area contributed by atoms with Crippen LogP contribution < -0.4 is 9.47 Å². The first-order valence-corrected chi connectivity index (χ1v) is 5.10.